The number of nitrogens with two attached hydrogens (primary N) is 1. The molecule has 5 rings (SSSR count). The van der Waals surface area contributed by atoms with Crippen molar-refractivity contribution in [3.63, 3.8) is 0 Å². The second-order valence-corrected chi connectivity index (χ2v) is 10.6. The number of carbonyl (C=O) groups is 3. The third-order valence-corrected chi connectivity index (χ3v) is 8.58. The van der Waals surface area contributed by atoms with E-state index in [1.165, 1.54) is 33.8 Å². The highest BCUT2D eigenvalue weighted by atomic mass is 32.2. The summed E-state index contributed by atoms with van der Waals surface area (Å²) in [6.45, 7) is 0. The molecule has 3 aromatic rings. The fourth-order valence-corrected chi connectivity index (χ4v) is 6.83. The average molecular weight is 544 g/mol. The molecule has 0 spiro atoms. The number of thioether (sulfide) groups is 2. The number of anilines is 1. The average Bonchev–Trinajstić information content (AvgIpc) is 3.52. The first-order valence-electron chi connectivity index (χ1n) is 10.3. The first-order valence-corrected chi connectivity index (χ1v) is 13.1. The molecule has 184 valence electrons. The van der Waals surface area contributed by atoms with Crippen LogP contribution in [0.3, 0.4) is 0 Å². The topological polar surface area (TPSA) is 176 Å². The van der Waals surface area contributed by atoms with E-state index < -0.39 is 34.9 Å². The summed E-state index contributed by atoms with van der Waals surface area (Å²) in [6.07, 6.45) is 1.62. The van der Waals surface area contributed by atoms with Crippen LogP contribution in [0, 0.1) is 0 Å². The molecule has 2 aliphatic rings. The predicted octanol–water partition coefficient (Wildman–Crippen LogP) is 1.58. The number of fused-ring (bicyclic) bond motifs is 1. The molecule has 1 aromatic carbocycles. The highest BCUT2D eigenvalue weighted by Gasteiger charge is 2.54. The van der Waals surface area contributed by atoms with Crippen LogP contribution < -0.4 is 11.1 Å². The van der Waals surface area contributed by atoms with Crippen LogP contribution in [0.5, 0.6) is 0 Å². The third-order valence-electron chi connectivity index (χ3n) is 5.34. The Hall–Kier alpha value is -3.82. The predicted molar refractivity (Wildman–Crippen MR) is 134 cm³/mol. The molecule has 12 nitrogen and oxygen atoms in total. The summed E-state index contributed by atoms with van der Waals surface area (Å²) >= 11 is 3.60. The van der Waals surface area contributed by atoms with Crippen molar-refractivity contribution in [2.75, 3.05) is 11.5 Å². The summed E-state index contributed by atoms with van der Waals surface area (Å²) in [5.74, 6) is -2.35. The normalized spacial score (nSPS) is 19.6. The Morgan fingerprint density at radius 3 is 2.69 bits per heavy atom. The van der Waals surface area contributed by atoms with Crippen LogP contribution >= 0.6 is 34.9 Å². The molecular formula is C21H17N7O5S3. The van der Waals surface area contributed by atoms with Crippen molar-refractivity contribution < 1.29 is 24.7 Å². The van der Waals surface area contributed by atoms with Crippen LogP contribution in [0.1, 0.15) is 5.69 Å². The molecule has 15 heteroatoms. The van der Waals surface area contributed by atoms with Gasteiger partial charge in [-0.05, 0) is 18.2 Å². The molecule has 0 radical (unpaired) electrons. The SMILES string of the molecule is Nc1nc(/C(=N/O)C(=O)N[C@@H]2C(=O)N3C(C(=O)O)=C(Sc4ccnn4-c4ccccc4)CS[C@H]23)cs1. The third kappa shape index (κ3) is 4.20. The molecule has 5 N–H and O–H groups in total. The maximum absolute atomic E-state index is 13.0. The smallest absolute Gasteiger partial charge is 0.353 e. The van der Waals surface area contributed by atoms with Crippen molar-refractivity contribution in [3.8, 4) is 5.69 Å². The quantitative estimate of drug-likeness (QED) is 0.148. The first-order chi connectivity index (χ1) is 17.4. The van der Waals surface area contributed by atoms with E-state index in [1.54, 1.807) is 16.9 Å². The van der Waals surface area contributed by atoms with Crippen LogP contribution in [0.2, 0.25) is 0 Å². The number of carbonyl (C=O) groups excluding carboxylic acids is 2. The van der Waals surface area contributed by atoms with Crippen molar-refractivity contribution >= 4 is 63.5 Å². The van der Waals surface area contributed by atoms with Crippen LogP contribution in [0.15, 0.2) is 68.8 Å². The number of carboxylic acids is 1. The maximum atomic E-state index is 13.0. The zero-order chi connectivity index (χ0) is 25.4. The molecule has 0 unspecified atom stereocenters. The van der Waals surface area contributed by atoms with Gasteiger partial charge in [0.1, 0.15) is 27.8 Å². The van der Waals surface area contributed by atoms with Gasteiger partial charge in [-0.3, -0.25) is 14.5 Å². The van der Waals surface area contributed by atoms with Crippen molar-refractivity contribution in [2.45, 2.75) is 16.4 Å². The van der Waals surface area contributed by atoms with E-state index in [0.29, 0.717) is 15.7 Å². The lowest BCUT2D eigenvalue weighted by atomic mass is 10.0. The van der Waals surface area contributed by atoms with Gasteiger partial charge in [0, 0.05) is 16.0 Å². The van der Waals surface area contributed by atoms with Crippen molar-refractivity contribution in [3.05, 3.63) is 64.3 Å². The summed E-state index contributed by atoms with van der Waals surface area (Å²) < 4.78 is 1.69. The molecule has 0 saturated carbocycles. The second-order valence-electron chi connectivity index (χ2n) is 7.48. The van der Waals surface area contributed by atoms with Gasteiger partial charge in [-0.15, -0.1) is 23.1 Å². The number of rotatable bonds is 7. The minimum absolute atomic E-state index is 0.0669. The van der Waals surface area contributed by atoms with Crippen molar-refractivity contribution in [2.24, 2.45) is 5.16 Å². The van der Waals surface area contributed by atoms with E-state index in [2.05, 4.69) is 20.6 Å². The number of carboxylic acid groups (broad SMARTS) is 1. The lowest BCUT2D eigenvalue weighted by Gasteiger charge is -2.49. The molecule has 2 amide bonds. The number of aliphatic carboxylic acids is 1. The van der Waals surface area contributed by atoms with Crippen LogP contribution in [-0.4, -0.2) is 70.6 Å². The lowest BCUT2D eigenvalue weighted by molar-refractivity contribution is -0.150. The Balaban J connectivity index is 1.36. The van der Waals surface area contributed by atoms with Gasteiger partial charge in [0.05, 0.1) is 11.9 Å². The van der Waals surface area contributed by atoms with E-state index in [9.17, 15) is 24.7 Å². The number of nitrogen functional groups attached to an aromatic ring is 1. The summed E-state index contributed by atoms with van der Waals surface area (Å²) in [5, 5.41) is 30.8. The highest BCUT2D eigenvalue weighted by Crippen LogP contribution is 2.45. The van der Waals surface area contributed by atoms with Crippen molar-refractivity contribution in [1.29, 1.82) is 0 Å². The minimum Gasteiger partial charge on any atom is -0.477 e. The monoisotopic (exact) mass is 543 g/mol. The number of benzene rings is 1. The number of thiazole rings is 1. The summed E-state index contributed by atoms with van der Waals surface area (Å²) in [6, 6.07) is 10.2. The van der Waals surface area contributed by atoms with Gasteiger partial charge >= 0.3 is 5.97 Å². The number of nitrogens with one attached hydrogen (secondary N) is 1. The van der Waals surface area contributed by atoms with Gasteiger partial charge in [-0.2, -0.15) is 5.10 Å². The first kappa shape index (κ1) is 23.9. The number of para-hydroxylation sites is 1. The van der Waals surface area contributed by atoms with E-state index in [1.807, 2.05) is 30.3 Å². The highest BCUT2D eigenvalue weighted by molar-refractivity contribution is 8.06. The Bertz CT molecular complexity index is 1420. The fraction of sp³-hybridized carbons (Fsp3) is 0.143. The standard InChI is InChI=1S/C21H17N7O5S3/c22-21-24-11(8-35-21)14(26-33)17(29)25-15-18(30)27-16(20(31)32)12(9-34-19(15)27)36-13-6-7-23-28(13)10-4-2-1-3-5-10/h1-8,15,19,33H,9H2,(H2,22,24)(H,25,29)(H,31,32)/b26-14-/t15-,19-/m1/s1. The van der Waals surface area contributed by atoms with Gasteiger partial charge in [0.2, 0.25) is 0 Å². The molecule has 1 saturated heterocycles. The number of nitrogens with zero attached hydrogens (tertiary/aromatic N) is 5. The Kier molecular flexibility index (Phi) is 6.42. The number of hydrogen-bond donors (Lipinski definition) is 4. The molecule has 2 aromatic heterocycles. The summed E-state index contributed by atoms with van der Waals surface area (Å²) in [7, 11) is 0. The van der Waals surface area contributed by atoms with E-state index in [4.69, 9.17) is 5.73 Å². The molecule has 2 atom stereocenters. The molecule has 36 heavy (non-hydrogen) atoms. The second kappa shape index (κ2) is 9.67. The Morgan fingerprint density at radius 1 is 1.25 bits per heavy atom. The van der Waals surface area contributed by atoms with Crippen molar-refractivity contribution in [1.82, 2.24) is 25.0 Å². The zero-order valence-electron chi connectivity index (χ0n) is 18.1. The molecule has 0 aliphatic carbocycles. The molecule has 1 fully saturated rings. The lowest BCUT2D eigenvalue weighted by Crippen LogP contribution is -2.71. The van der Waals surface area contributed by atoms with Gasteiger partial charge in [0.25, 0.3) is 11.8 Å². The molecular weight excluding hydrogens is 526 g/mol. The molecule has 0 bridgehead atoms. The van der Waals surface area contributed by atoms with Gasteiger partial charge < -0.3 is 21.4 Å². The number of aromatic nitrogens is 3. The number of amides is 2. The molecule has 2 aliphatic heterocycles. The number of β-lactam (4-membered cyclic amide) rings is 1. The van der Waals surface area contributed by atoms with Gasteiger partial charge in [0.15, 0.2) is 10.8 Å². The van der Waals surface area contributed by atoms with Gasteiger partial charge in [-0.1, -0.05) is 35.1 Å². The number of oxime groups is 1. The Morgan fingerprint density at radius 2 is 2.03 bits per heavy atom. The fourth-order valence-electron chi connectivity index (χ4n) is 3.75. The summed E-state index contributed by atoms with van der Waals surface area (Å²) in [4.78, 5) is 43.4. The van der Waals surface area contributed by atoms with Gasteiger partial charge in [-0.25, -0.2) is 14.5 Å². The number of hydrogen-bond acceptors (Lipinski definition) is 11. The molecule has 4 heterocycles. The largest absolute Gasteiger partial charge is 0.477 e. The van der Waals surface area contributed by atoms with Crippen LogP contribution in [-0.2, 0) is 14.4 Å². The van der Waals surface area contributed by atoms with Crippen LogP contribution in [0.25, 0.3) is 5.69 Å². The van der Waals surface area contributed by atoms with E-state index in [0.717, 1.165) is 17.0 Å². The maximum Gasteiger partial charge on any atom is 0.353 e. The Labute approximate surface area is 215 Å². The minimum atomic E-state index is -1.25. The van der Waals surface area contributed by atoms with E-state index in [-0.39, 0.29) is 16.5 Å². The summed E-state index contributed by atoms with van der Waals surface area (Å²) in [5.41, 5.74) is 5.93. The van der Waals surface area contributed by atoms with E-state index >= 15 is 0 Å². The zero-order valence-corrected chi connectivity index (χ0v) is 20.6. The van der Waals surface area contributed by atoms with Crippen LogP contribution in [0.4, 0.5) is 5.13 Å².